The number of imidazole rings is 1. The number of halogens is 3. The lowest BCUT2D eigenvalue weighted by molar-refractivity contribution is -0.276. The molecule has 1 aliphatic heterocycles. The van der Waals surface area contributed by atoms with Crippen molar-refractivity contribution in [2.24, 2.45) is 0 Å². The van der Waals surface area contributed by atoms with Crippen LogP contribution in [-0.4, -0.2) is 76.2 Å². The maximum atomic E-state index is 13.1. The molecule has 208 valence electrons. The number of carbonyl (C=O) groups is 2. The van der Waals surface area contributed by atoms with Gasteiger partial charge in [-0.2, -0.15) is 0 Å². The Morgan fingerprint density at radius 3 is 2.77 bits per heavy atom. The van der Waals surface area contributed by atoms with Crippen molar-refractivity contribution >= 4 is 28.8 Å². The second-order valence-corrected chi connectivity index (χ2v) is 9.73. The summed E-state index contributed by atoms with van der Waals surface area (Å²) < 4.78 is 43.7. The van der Waals surface area contributed by atoms with Crippen molar-refractivity contribution in [3.05, 3.63) is 59.8 Å². The number of benzene rings is 1. The number of fused-ring (bicyclic) bond motifs is 1. The number of nitrogens with zero attached hydrogens (tertiary/aromatic N) is 5. The highest BCUT2D eigenvalue weighted by Gasteiger charge is 2.32. The third-order valence-electron chi connectivity index (χ3n) is 6.41. The van der Waals surface area contributed by atoms with E-state index in [1.54, 1.807) is 6.08 Å². The van der Waals surface area contributed by atoms with E-state index in [4.69, 9.17) is 0 Å². The van der Waals surface area contributed by atoms with Gasteiger partial charge in [-0.15, -0.1) is 13.2 Å². The van der Waals surface area contributed by atoms with Gasteiger partial charge in [0.25, 0.3) is 5.91 Å². The molecule has 2 amide bonds. The number of hydrogen-bond acceptors (Lipinski definition) is 6. The fourth-order valence-electron chi connectivity index (χ4n) is 4.66. The van der Waals surface area contributed by atoms with Gasteiger partial charge in [0.2, 0.25) is 17.7 Å². The summed E-state index contributed by atoms with van der Waals surface area (Å²) in [5.74, 6) is -1.22. The van der Waals surface area contributed by atoms with E-state index in [0.717, 1.165) is 42.6 Å². The van der Waals surface area contributed by atoms with Gasteiger partial charge in [-0.25, -0.2) is 9.97 Å². The van der Waals surface area contributed by atoms with Crippen LogP contribution in [0.2, 0.25) is 0 Å². The minimum atomic E-state index is -4.93. The number of ether oxygens (including phenoxy) is 1. The maximum Gasteiger partial charge on any atom is 0.574 e. The molecule has 2 aromatic heterocycles. The third kappa shape index (κ3) is 7.14. The first-order chi connectivity index (χ1) is 18.5. The van der Waals surface area contributed by atoms with Crippen molar-refractivity contribution in [3.8, 4) is 5.88 Å². The van der Waals surface area contributed by atoms with Gasteiger partial charge in [-0.1, -0.05) is 18.2 Å². The van der Waals surface area contributed by atoms with Gasteiger partial charge in [0, 0.05) is 43.5 Å². The van der Waals surface area contributed by atoms with Crippen LogP contribution < -0.4 is 10.1 Å². The summed E-state index contributed by atoms with van der Waals surface area (Å²) in [5, 5.41) is 2.77. The minimum absolute atomic E-state index is 0.0664. The summed E-state index contributed by atoms with van der Waals surface area (Å²) in [6.07, 6.45) is 2.03. The molecule has 4 rings (SSSR count). The monoisotopic (exact) mass is 544 g/mol. The molecule has 1 atom stereocenters. The average Bonchev–Trinajstić information content (AvgIpc) is 3.05. The molecule has 1 aliphatic rings. The second kappa shape index (κ2) is 11.9. The van der Waals surface area contributed by atoms with Crippen LogP contribution in [0.25, 0.3) is 11.0 Å². The second-order valence-electron chi connectivity index (χ2n) is 9.73. The Morgan fingerprint density at radius 1 is 1.23 bits per heavy atom. The zero-order chi connectivity index (χ0) is 28.2. The molecule has 1 aromatic carbocycles. The Kier molecular flexibility index (Phi) is 8.54. The predicted molar refractivity (Wildman–Crippen MR) is 141 cm³/mol. The van der Waals surface area contributed by atoms with E-state index >= 15 is 0 Å². The highest BCUT2D eigenvalue weighted by atomic mass is 19.4. The fraction of sp³-hybridized carbons (Fsp3) is 0.407. The lowest BCUT2D eigenvalue weighted by Crippen LogP contribution is -2.35. The van der Waals surface area contributed by atoms with E-state index < -0.39 is 18.1 Å². The Hall–Kier alpha value is -3.93. The summed E-state index contributed by atoms with van der Waals surface area (Å²) in [6, 6.07) is 7.68. The summed E-state index contributed by atoms with van der Waals surface area (Å²) in [7, 11) is 3.85. The fourth-order valence-corrected chi connectivity index (χ4v) is 4.66. The highest BCUT2D eigenvalue weighted by molar-refractivity contribution is 6.04. The van der Waals surface area contributed by atoms with Gasteiger partial charge in [-0.3, -0.25) is 14.9 Å². The van der Waals surface area contributed by atoms with Crippen molar-refractivity contribution in [3.63, 3.8) is 0 Å². The van der Waals surface area contributed by atoms with Crippen molar-refractivity contribution in [1.82, 2.24) is 24.3 Å². The molecule has 1 saturated heterocycles. The number of aromatic nitrogens is 3. The van der Waals surface area contributed by atoms with Gasteiger partial charge in [0.15, 0.2) is 0 Å². The summed E-state index contributed by atoms with van der Waals surface area (Å²) in [6.45, 7) is 3.63. The van der Waals surface area contributed by atoms with Gasteiger partial charge in [-0.05, 0) is 58.0 Å². The molecule has 1 unspecified atom stereocenters. The van der Waals surface area contributed by atoms with E-state index in [0.29, 0.717) is 25.2 Å². The van der Waals surface area contributed by atoms with E-state index in [1.165, 1.54) is 6.07 Å². The molecule has 0 spiro atoms. The smallest absolute Gasteiger partial charge is 0.388 e. The lowest BCUT2D eigenvalue weighted by atomic mass is 10.1. The number of likely N-dealkylation sites (tertiary alicyclic amines) is 1. The Balaban J connectivity index is 1.65. The molecule has 39 heavy (non-hydrogen) atoms. The van der Waals surface area contributed by atoms with E-state index in [2.05, 4.69) is 20.0 Å². The average molecular weight is 545 g/mol. The van der Waals surface area contributed by atoms with Gasteiger partial charge in [0.05, 0.1) is 17.1 Å². The van der Waals surface area contributed by atoms with Crippen LogP contribution in [0.4, 0.5) is 19.1 Å². The summed E-state index contributed by atoms with van der Waals surface area (Å²) in [5.41, 5.74) is 2.36. The Morgan fingerprint density at radius 2 is 2.03 bits per heavy atom. The van der Waals surface area contributed by atoms with E-state index in [1.807, 2.05) is 59.7 Å². The summed E-state index contributed by atoms with van der Waals surface area (Å²) in [4.78, 5) is 38.1. The van der Waals surface area contributed by atoms with Crippen LogP contribution in [0, 0.1) is 6.92 Å². The van der Waals surface area contributed by atoms with E-state index in [9.17, 15) is 22.8 Å². The SMILES string of the molecule is Cc1cccc2nc(NC(=O)c3ccnc(OC(F)(F)F)c3)n(C3CCCCN(C(=O)C=CCN(C)C)C3)c12. The summed E-state index contributed by atoms with van der Waals surface area (Å²) >= 11 is 0. The zero-order valence-corrected chi connectivity index (χ0v) is 22.0. The molecule has 0 bridgehead atoms. The number of para-hydroxylation sites is 1. The first-order valence-electron chi connectivity index (χ1n) is 12.6. The molecule has 3 aromatic rings. The lowest BCUT2D eigenvalue weighted by Gasteiger charge is -2.26. The van der Waals surface area contributed by atoms with Crippen LogP contribution in [0.1, 0.15) is 41.2 Å². The molecule has 9 nitrogen and oxygen atoms in total. The number of anilines is 1. The molecule has 3 heterocycles. The van der Waals surface area contributed by atoms with Crippen LogP contribution in [0.3, 0.4) is 0 Å². The highest BCUT2D eigenvalue weighted by Crippen LogP contribution is 2.32. The Labute approximate surface area is 224 Å². The number of carbonyl (C=O) groups excluding carboxylic acids is 2. The topological polar surface area (TPSA) is 92.6 Å². The predicted octanol–water partition coefficient (Wildman–Crippen LogP) is 4.56. The number of pyridine rings is 1. The number of likely N-dealkylation sites (N-methyl/N-ethyl adjacent to an activating group) is 1. The third-order valence-corrected chi connectivity index (χ3v) is 6.41. The minimum Gasteiger partial charge on any atom is -0.388 e. The maximum absolute atomic E-state index is 13.1. The Bertz CT molecular complexity index is 1370. The normalized spacial score (nSPS) is 16.6. The van der Waals surface area contributed by atoms with Crippen molar-refractivity contribution in [2.75, 3.05) is 39.0 Å². The van der Waals surface area contributed by atoms with Crippen molar-refractivity contribution in [1.29, 1.82) is 0 Å². The van der Waals surface area contributed by atoms with Crippen LogP contribution in [0.5, 0.6) is 5.88 Å². The zero-order valence-electron chi connectivity index (χ0n) is 22.0. The molecule has 1 N–H and O–H groups in total. The van der Waals surface area contributed by atoms with Crippen LogP contribution in [0.15, 0.2) is 48.7 Å². The molecular formula is C27H31F3N6O3. The molecule has 1 fully saturated rings. The first-order valence-corrected chi connectivity index (χ1v) is 12.6. The van der Waals surface area contributed by atoms with Gasteiger partial charge in [0.1, 0.15) is 0 Å². The largest absolute Gasteiger partial charge is 0.574 e. The number of amides is 2. The standard InChI is InChI=1S/C27H31F3N6O3/c1-18-8-6-10-21-24(18)36(20-9-4-5-15-35(17-20)23(37)11-7-14-34(2)3)26(32-21)33-25(38)19-12-13-31-22(16-19)39-27(28,29)30/h6-8,10-13,16,20H,4-5,9,14-15,17H2,1-3H3,(H,32,33,38). The van der Waals surface area contributed by atoms with Crippen molar-refractivity contribution in [2.45, 2.75) is 38.6 Å². The van der Waals surface area contributed by atoms with Gasteiger partial charge >= 0.3 is 6.36 Å². The number of rotatable bonds is 7. The van der Waals surface area contributed by atoms with Gasteiger partial charge < -0.3 is 19.1 Å². The molecule has 0 saturated carbocycles. The first kappa shape index (κ1) is 28.1. The number of aryl methyl sites for hydroxylation is 1. The molecule has 12 heteroatoms. The number of nitrogens with one attached hydrogen (secondary N) is 1. The molecule has 0 radical (unpaired) electrons. The van der Waals surface area contributed by atoms with Crippen molar-refractivity contribution < 1.29 is 27.5 Å². The number of alkyl halides is 3. The van der Waals surface area contributed by atoms with Crippen LogP contribution in [-0.2, 0) is 4.79 Å². The molecule has 0 aliphatic carbocycles. The quantitative estimate of drug-likeness (QED) is 0.439. The van der Waals surface area contributed by atoms with Crippen LogP contribution >= 0.6 is 0 Å². The van der Waals surface area contributed by atoms with E-state index in [-0.39, 0.29) is 23.5 Å². The number of hydrogen-bond donors (Lipinski definition) is 1. The molecular weight excluding hydrogens is 513 g/mol.